The van der Waals surface area contributed by atoms with Crippen LogP contribution in [0.5, 0.6) is 0 Å². The van der Waals surface area contributed by atoms with Gasteiger partial charge in [-0.2, -0.15) is 0 Å². The number of aromatic amines is 1. The number of H-pyrrole nitrogens is 1. The second-order valence-corrected chi connectivity index (χ2v) is 7.34. The zero-order valence-electron chi connectivity index (χ0n) is 17.9. The number of amides is 2. The molecule has 2 amide bonds. The fourth-order valence-electron chi connectivity index (χ4n) is 3.69. The fourth-order valence-corrected chi connectivity index (χ4v) is 3.69. The van der Waals surface area contributed by atoms with Crippen molar-refractivity contribution < 1.29 is 33.1 Å². The highest BCUT2D eigenvalue weighted by Gasteiger charge is 2.32. The summed E-state index contributed by atoms with van der Waals surface area (Å²) in [7, 11) is 0. The summed E-state index contributed by atoms with van der Waals surface area (Å²) in [6, 6.07) is 3.60. The summed E-state index contributed by atoms with van der Waals surface area (Å²) in [4.78, 5) is 42.8. The number of nitrogens with one attached hydrogen (secondary N) is 3. The Balaban J connectivity index is 1.75. The summed E-state index contributed by atoms with van der Waals surface area (Å²) in [5.74, 6) is -1.42. The highest BCUT2D eigenvalue weighted by molar-refractivity contribution is 6.11. The van der Waals surface area contributed by atoms with Crippen LogP contribution in [0.4, 0.5) is 14.9 Å². The molecule has 1 atom stereocenters. The molecule has 1 aromatic carbocycles. The molecule has 1 aliphatic heterocycles. The van der Waals surface area contributed by atoms with E-state index in [0.29, 0.717) is 43.7 Å². The maximum absolute atomic E-state index is 13.8. The van der Waals surface area contributed by atoms with Gasteiger partial charge < -0.3 is 24.7 Å². The van der Waals surface area contributed by atoms with Crippen molar-refractivity contribution in [3.63, 3.8) is 0 Å². The number of piperazine rings is 1. The Kier molecular flexibility index (Phi) is 7.11. The minimum Gasteiger partial charge on any atom is -0.461 e. The third kappa shape index (κ3) is 4.96. The first-order valence-corrected chi connectivity index (χ1v) is 10.4. The zero-order valence-corrected chi connectivity index (χ0v) is 17.9. The van der Waals surface area contributed by atoms with Crippen LogP contribution in [-0.4, -0.2) is 73.3 Å². The Bertz CT molecular complexity index is 968. The molecule has 0 aliphatic carbocycles. The van der Waals surface area contributed by atoms with Gasteiger partial charge in [0, 0.05) is 10.9 Å². The van der Waals surface area contributed by atoms with Gasteiger partial charge in [-0.15, -0.1) is 0 Å². The van der Waals surface area contributed by atoms with Gasteiger partial charge in [-0.25, -0.2) is 14.0 Å². The maximum atomic E-state index is 13.8. The first-order chi connectivity index (χ1) is 14.8. The number of aromatic nitrogens is 1. The molecule has 31 heavy (non-hydrogen) atoms. The Morgan fingerprint density at radius 1 is 1.19 bits per heavy atom. The number of anilines is 1. The van der Waals surface area contributed by atoms with Crippen molar-refractivity contribution >= 4 is 34.6 Å². The molecule has 0 spiro atoms. The van der Waals surface area contributed by atoms with E-state index in [1.54, 1.807) is 25.7 Å². The molecule has 2 heterocycles. The van der Waals surface area contributed by atoms with E-state index in [1.807, 2.05) is 0 Å². The standard InChI is InChI=1S/C21H27FN4O5/c1-4-30-20(28)18-17(15-12-14(22)6-7-16(15)23-18)24-19(27)13(3)25-8-10-26(11-9-25)21(29)31-5-2/h6-7,12-13,23H,4-5,8-11H2,1-3H3,(H,24,27)/p+1/t13-/m0/s1. The van der Waals surface area contributed by atoms with Gasteiger partial charge in [0.1, 0.15) is 11.5 Å². The van der Waals surface area contributed by atoms with Gasteiger partial charge in [0.2, 0.25) is 0 Å². The zero-order chi connectivity index (χ0) is 22.5. The summed E-state index contributed by atoms with van der Waals surface area (Å²) in [5.41, 5.74) is 0.794. The molecule has 1 aliphatic rings. The average Bonchev–Trinajstić information content (AvgIpc) is 3.11. The number of carbonyl (C=O) groups excluding carboxylic acids is 3. The van der Waals surface area contributed by atoms with Crippen LogP contribution in [0.1, 0.15) is 31.3 Å². The summed E-state index contributed by atoms with van der Waals surface area (Å²) < 4.78 is 23.9. The smallest absolute Gasteiger partial charge is 0.410 e. The number of fused-ring (bicyclic) bond motifs is 1. The molecule has 1 saturated heterocycles. The molecule has 0 bridgehead atoms. The third-order valence-corrected chi connectivity index (χ3v) is 5.43. The fraction of sp³-hybridized carbons (Fsp3) is 0.476. The van der Waals surface area contributed by atoms with E-state index in [9.17, 15) is 18.8 Å². The SMILES string of the molecule is CCOC(=O)c1[nH]c2ccc(F)cc2c1NC(=O)[C@H](C)[NH+]1CCN(C(=O)OCC)CC1. The van der Waals surface area contributed by atoms with Crippen molar-refractivity contribution in [3.8, 4) is 0 Å². The number of esters is 1. The molecule has 3 rings (SSSR count). The molecule has 0 unspecified atom stereocenters. The molecule has 9 nitrogen and oxygen atoms in total. The van der Waals surface area contributed by atoms with Gasteiger partial charge in [-0.1, -0.05) is 0 Å². The summed E-state index contributed by atoms with van der Waals surface area (Å²) in [5, 5.41) is 3.18. The molecule has 10 heteroatoms. The Hall–Kier alpha value is -3.14. The monoisotopic (exact) mass is 435 g/mol. The molecule has 1 fully saturated rings. The van der Waals surface area contributed by atoms with Crippen molar-refractivity contribution in [3.05, 3.63) is 29.7 Å². The Morgan fingerprint density at radius 3 is 2.52 bits per heavy atom. The van der Waals surface area contributed by atoms with E-state index < -0.39 is 17.8 Å². The van der Waals surface area contributed by atoms with Gasteiger partial charge >= 0.3 is 12.1 Å². The van der Waals surface area contributed by atoms with E-state index >= 15 is 0 Å². The number of halogens is 1. The molecule has 0 saturated carbocycles. The van der Waals surface area contributed by atoms with E-state index in [2.05, 4.69) is 10.3 Å². The number of carbonyl (C=O) groups is 3. The quantitative estimate of drug-likeness (QED) is 0.591. The molecule has 3 N–H and O–H groups in total. The molecule has 2 aromatic rings. The number of rotatable bonds is 6. The van der Waals surface area contributed by atoms with Gasteiger partial charge in [0.25, 0.3) is 5.91 Å². The van der Waals surface area contributed by atoms with E-state index in [0.717, 1.165) is 4.90 Å². The largest absolute Gasteiger partial charge is 0.461 e. The van der Waals surface area contributed by atoms with E-state index in [1.165, 1.54) is 18.2 Å². The highest BCUT2D eigenvalue weighted by atomic mass is 19.1. The van der Waals surface area contributed by atoms with Crippen LogP contribution in [0.25, 0.3) is 10.9 Å². The first-order valence-electron chi connectivity index (χ1n) is 10.4. The van der Waals surface area contributed by atoms with Crippen LogP contribution >= 0.6 is 0 Å². The molecular formula is C21H28FN4O5+. The average molecular weight is 435 g/mol. The molecule has 0 radical (unpaired) electrons. The van der Waals surface area contributed by atoms with E-state index in [-0.39, 0.29) is 30.0 Å². The molecule has 1 aromatic heterocycles. The lowest BCUT2D eigenvalue weighted by Crippen LogP contribution is -3.19. The van der Waals surface area contributed by atoms with Crippen LogP contribution in [0.2, 0.25) is 0 Å². The summed E-state index contributed by atoms with van der Waals surface area (Å²) >= 11 is 0. The first kappa shape index (κ1) is 22.5. The van der Waals surface area contributed by atoms with Gasteiger partial charge in [-0.3, -0.25) is 9.69 Å². The summed E-state index contributed by atoms with van der Waals surface area (Å²) in [6.45, 7) is 7.84. The lowest BCUT2D eigenvalue weighted by Gasteiger charge is -2.34. The highest BCUT2D eigenvalue weighted by Crippen LogP contribution is 2.29. The minimum atomic E-state index is -0.627. The van der Waals surface area contributed by atoms with Crippen LogP contribution in [0.3, 0.4) is 0 Å². The van der Waals surface area contributed by atoms with Crippen LogP contribution in [0.15, 0.2) is 18.2 Å². The second-order valence-electron chi connectivity index (χ2n) is 7.34. The normalized spacial score (nSPS) is 15.5. The Morgan fingerprint density at radius 2 is 1.87 bits per heavy atom. The lowest BCUT2D eigenvalue weighted by molar-refractivity contribution is -0.917. The maximum Gasteiger partial charge on any atom is 0.410 e. The van der Waals surface area contributed by atoms with Gasteiger partial charge in [0.15, 0.2) is 6.04 Å². The topological polar surface area (TPSA) is 105 Å². The Labute approximate surface area is 179 Å². The van der Waals surface area contributed by atoms with Crippen molar-refractivity contribution in [2.45, 2.75) is 26.8 Å². The minimum absolute atomic E-state index is 0.0742. The van der Waals surface area contributed by atoms with Crippen LogP contribution < -0.4 is 10.2 Å². The number of hydrogen-bond donors (Lipinski definition) is 3. The van der Waals surface area contributed by atoms with E-state index in [4.69, 9.17) is 9.47 Å². The molecular weight excluding hydrogens is 407 g/mol. The third-order valence-electron chi connectivity index (χ3n) is 5.43. The predicted octanol–water partition coefficient (Wildman–Crippen LogP) is 1.17. The van der Waals surface area contributed by atoms with Gasteiger partial charge in [0.05, 0.1) is 45.1 Å². The second kappa shape index (κ2) is 9.78. The number of benzene rings is 1. The van der Waals surface area contributed by atoms with Crippen LogP contribution in [0, 0.1) is 5.82 Å². The summed E-state index contributed by atoms with van der Waals surface area (Å²) in [6.07, 6.45) is -0.349. The van der Waals surface area contributed by atoms with Crippen molar-refractivity contribution in [2.75, 3.05) is 44.7 Å². The van der Waals surface area contributed by atoms with Crippen LogP contribution in [-0.2, 0) is 14.3 Å². The van der Waals surface area contributed by atoms with Crippen molar-refractivity contribution in [1.29, 1.82) is 0 Å². The predicted molar refractivity (Wildman–Crippen MR) is 112 cm³/mol. The number of hydrogen-bond acceptors (Lipinski definition) is 5. The van der Waals surface area contributed by atoms with Gasteiger partial charge in [-0.05, 0) is 39.0 Å². The van der Waals surface area contributed by atoms with Crippen molar-refractivity contribution in [1.82, 2.24) is 9.88 Å². The number of nitrogens with zero attached hydrogens (tertiary/aromatic N) is 1. The molecule has 168 valence electrons. The number of ether oxygens (including phenoxy) is 2. The number of quaternary nitrogens is 1. The van der Waals surface area contributed by atoms with Crippen molar-refractivity contribution in [2.24, 2.45) is 0 Å². The lowest BCUT2D eigenvalue weighted by atomic mass is 10.1.